The van der Waals surface area contributed by atoms with E-state index in [0.29, 0.717) is 20.7 Å². The first-order valence-corrected chi connectivity index (χ1v) is 8.88. The SMILES string of the molecule is COc1ccc(Br)cc1/C=C1/SC(=S)N(c2ccc(F)cc2)C1=O. The number of amides is 1. The lowest BCUT2D eigenvalue weighted by Gasteiger charge is -2.14. The third kappa shape index (κ3) is 3.38. The summed E-state index contributed by atoms with van der Waals surface area (Å²) in [6.45, 7) is 0. The highest BCUT2D eigenvalue weighted by atomic mass is 79.9. The zero-order valence-corrected chi connectivity index (χ0v) is 15.7. The first kappa shape index (κ1) is 17.1. The summed E-state index contributed by atoms with van der Waals surface area (Å²) in [6.07, 6.45) is 1.74. The van der Waals surface area contributed by atoms with Crippen LogP contribution in [-0.4, -0.2) is 17.3 Å². The minimum absolute atomic E-state index is 0.237. The maximum Gasteiger partial charge on any atom is 0.270 e. The Kier molecular flexibility index (Phi) is 5.03. The molecule has 3 rings (SSSR count). The molecule has 0 aliphatic carbocycles. The fourth-order valence-corrected chi connectivity index (χ4v) is 3.91. The number of carbonyl (C=O) groups excluding carboxylic acids is 1. The number of anilines is 1. The summed E-state index contributed by atoms with van der Waals surface area (Å²) in [4.78, 5) is 14.6. The maximum absolute atomic E-state index is 13.1. The van der Waals surface area contributed by atoms with Gasteiger partial charge in [0.1, 0.15) is 11.6 Å². The fourth-order valence-electron chi connectivity index (χ4n) is 2.24. The molecular formula is C17H11BrFNO2S2. The van der Waals surface area contributed by atoms with E-state index in [1.165, 1.54) is 40.9 Å². The molecule has 2 aromatic rings. The monoisotopic (exact) mass is 423 g/mol. The van der Waals surface area contributed by atoms with Crippen LogP contribution >= 0.6 is 39.9 Å². The quantitative estimate of drug-likeness (QED) is 0.512. The molecule has 1 saturated heterocycles. The lowest BCUT2D eigenvalue weighted by atomic mass is 10.2. The second-order valence-electron chi connectivity index (χ2n) is 4.88. The number of benzene rings is 2. The molecule has 1 heterocycles. The van der Waals surface area contributed by atoms with Crippen LogP contribution in [0.2, 0.25) is 0 Å². The van der Waals surface area contributed by atoms with E-state index in [-0.39, 0.29) is 11.7 Å². The number of ether oxygens (including phenoxy) is 1. The van der Waals surface area contributed by atoms with Gasteiger partial charge < -0.3 is 4.74 Å². The topological polar surface area (TPSA) is 29.5 Å². The number of hydrogen-bond acceptors (Lipinski definition) is 4. The summed E-state index contributed by atoms with van der Waals surface area (Å²) in [5.41, 5.74) is 1.31. The minimum Gasteiger partial charge on any atom is -0.496 e. The molecule has 1 amide bonds. The van der Waals surface area contributed by atoms with Crippen LogP contribution in [0.3, 0.4) is 0 Å². The standard InChI is InChI=1S/C17H11BrFNO2S2/c1-22-14-7-2-11(18)8-10(14)9-15-16(21)20(17(23)24-15)13-5-3-12(19)4-6-13/h2-9H,1H3/b15-9+. The van der Waals surface area contributed by atoms with Crippen LogP contribution in [0, 0.1) is 5.82 Å². The summed E-state index contributed by atoms with van der Waals surface area (Å²) < 4.78 is 19.7. The van der Waals surface area contributed by atoms with Gasteiger partial charge in [0.25, 0.3) is 5.91 Å². The predicted molar refractivity (Wildman–Crippen MR) is 103 cm³/mol. The summed E-state index contributed by atoms with van der Waals surface area (Å²) in [6, 6.07) is 11.2. The third-order valence-corrected chi connectivity index (χ3v) is 5.15. The van der Waals surface area contributed by atoms with Crippen LogP contribution in [0.1, 0.15) is 5.56 Å². The number of halogens is 2. The molecule has 0 atom stereocenters. The Balaban J connectivity index is 1.97. The Hall–Kier alpha value is -1.70. The Morgan fingerprint density at radius 1 is 1.25 bits per heavy atom. The Morgan fingerprint density at radius 2 is 1.96 bits per heavy atom. The van der Waals surface area contributed by atoms with Gasteiger partial charge in [-0.05, 0) is 48.5 Å². The van der Waals surface area contributed by atoms with Crippen molar-refractivity contribution in [2.75, 3.05) is 12.0 Å². The number of nitrogens with zero attached hydrogens (tertiary/aromatic N) is 1. The first-order valence-electron chi connectivity index (χ1n) is 6.86. The molecular weight excluding hydrogens is 413 g/mol. The normalized spacial score (nSPS) is 16.1. The molecule has 24 heavy (non-hydrogen) atoms. The fraction of sp³-hybridized carbons (Fsp3) is 0.0588. The van der Waals surface area contributed by atoms with Gasteiger partial charge in [0, 0.05) is 10.0 Å². The molecule has 1 fully saturated rings. The third-order valence-electron chi connectivity index (χ3n) is 3.36. The first-order chi connectivity index (χ1) is 11.5. The van der Waals surface area contributed by atoms with E-state index in [1.54, 1.807) is 13.2 Å². The molecule has 0 saturated carbocycles. The van der Waals surface area contributed by atoms with Gasteiger partial charge in [0.2, 0.25) is 0 Å². The molecule has 122 valence electrons. The van der Waals surface area contributed by atoms with Crippen LogP contribution in [0.4, 0.5) is 10.1 Å². The molecule has 0 aromatic heterocycles. The average molecular weight is 424 g/mol. The summed E-state index contributed by atoms with van der Waals surface area (Å²) >= 11 is 9.92. The van der Waals surface area contributed by atoms with Crippen molar-refractivity contribution < 1.29 is 13.9 Å². The lowest BCUT2D eigenvalue weighted by Crippen LogP contribution is -2.27. The van der Waals surface area contributed by atoms with E-state index >= 15 is 0 Å². The van der Waals surface area contributed by atoms with Crippen molar-refractivity contribution in [2.45, 2.75) is 0 Å². The predicted octanol–water partition coefficient (Wildman–Crippen LogP) is 5.00. The summed E-state index contributed by atoms with van der Waals surface area (Å²) in [5, 5.41) is 0. The number of thiocarbonyl (C=S) groups is 1. The molecule has 0 N–H and O–H groups in total. The molecule has 2 aromatic carbocycles. The average Bonchev–Trinajstić information content (AvgIpc) is 2.83. The molecule has 0 spiro atoms. The van der Waals surface area contributed by atoms with Crippen molar-refractivity contribution >= 4 is 61.9 Å². The van der Waals surface area contributed by atoms with E-state index in [1.807, 2.05) is 18.2 Å². The second kappa shape index (κ2) is 7.04. The van der Waals surface area contributed by atoms with Crippen LogP contribution in [0.25, 0.3) is 6.08 Å². The second-order valence-corrected chi connectivity index (χ2v) is 7.47. The number of methoxy groups -OCH3 is 1. The van der Waals surface area contributed by atoms with Crippen molar-refractivity contribution in [3.8, 4) is 5.75 Å². The van der Waals surface area contributed by atoms with E-state index < -0.39 is 0 Å². The summed E-state index contributed by atoms with van der Waals surface area (Å²) in [5.74, 6) is 0.0579. The lowest BCUT2D eigenvalue weighted by molar-refractivity contribution is -0.113. The molecule has 7 heteroatoms. The largest absolute Gasteiger partial charge is 0.496 e. The van der Waals surface area contributed by atoms with E-state index in [9.17, 15) is 9.18 Å². The van der Waals surface area contributed by atoms with Gasteiger partial charge in [0.15, 0.2) is 4.32 Å². The van der Waals surface area contributed by atoms with Crippen molar-refractivity contribution in [3.05, 3.63) is 63.2 Å². The van der Waals surface area contributed by atoms with Gasteiger partial charge >= 0.3 is 0 Å². The highest BCUT2D eigenvalue weighted by Crippen LogP contribution is 2.37. The van der Waals surface area contributed by atoms with Crippen molar-refractivity contribution in [1.82, 2.24) is 0 Å². The molecule has 0 bridgehead atoms. The molecule has 0 unspecified atom stereocenters. The Labute approximate surface area is 156 Å². The van der Waals surface area contributed by atoms with Gasteiger partial charge in [-0.15, -0.1) is 0 Å². The number of rotatable bonds is 3. The van der Waals surface area contributed by atoms with Gasteiger partial charge in [-0.1, -0.05) is 39.9 Å². The van der Waals surface area contributed by atoms with Gasteiger partial charge in [-0.2, -0.15) is 0 Å². The van der Waals surface area contributed by atoms with Crippen molar-refractivity contribution in [2.24, 2.45) is 0 Å². The zero-order chi connectivity index (χ0) is 17.3. The Morgan fingerprint density at radius 3 is 2.62 bits per heavy atom. The maximum atomic E-state index is 13.1. The van der Waals surface area contributed by atoms with E-state index in [2.05, 4.69) is 15.9 Å². The highest BCUT2D eigenvalue weighted by Gasteiger charge is 2.33. The van der Waals surface area contributed by atoms with Crippen molar-refractivity contribution in [1.29, 1.82) is 0 Å². The van der Waals surface area contributed by atoms with Crippen LogP contribution in [0.15, 0.2) is 51.8 Å². The minimum atomic E-state index is -0.362. The van der Waals surface area contributed by atoms with Gasteiger partial charge in [-0.3, -0.25) is 9.69 Å². The Bertz CT molecular complexity index is 852. The molecule has 0 radical (unpaired) electrons. The smallest absolute Gasteiger partial charge is 0.270 e. The van der Waals surface area contributed by atoms with Crippen LogP contribution in [-0.2, 0) is 4.79 Å². The molecule has 1 aliphatic rings. The number of hydrogen-bond donors (Lipinski definition) is 0. The highest BCUT2D eigenvalue weighted by molar-refractivity contribution is 9.10. The van der Waals surface area contributed by atoms with E-state index in [0.717, 1.165) is 10.0 Å². The zero-order valence-electron chi connectivity index (χ0n) is 12.5. The van der Waals surface area contributed by atoms with Crippen molar-refractivity contribution in [3.63, 3.8) is 0 Å². The van der Waals surface area contributed by atoms with Gasteiger partial charge in [0.05, 0.1) is 17.7 Å². The molecule has 1 aliphatic heterocycles. The van der Waals surface area contributed by atoms with Crippen LogP contribution in [0.5, 0.6) is 5.75 Å². The number of thioether (sulfide) groups is 1. The number of carbonyl (C=O) groups is 1. The molecule has 3 nitrogen and oxygen atoms in total. The van der Waals surface area contributed by atoms with E-state index in [4.69, 9.17) is 17.0 Å². The summed E-state index contributed by atoms with van der Waals surface area (Å²) in [7, 11) is 1.57. The van der Waals surface area contributed by atoms with Crippen LogP contribution < -0.4 is 9.64 Å². The van der Waals surface area contributed by atoms with Gasteiger partial charge in [-0.25, -0.2) is 4.39 Å².